The summed E-state index contributed by atoms with van der Waals surface area (Å²) in [5.41, 5.74) is 3.37. The van der Waals surface area contributed by atoms with Crippen molar-refractivity contribution in [2.24, 2.45) is 4.99 Å². The fraction of sp³-hybridized carbons (Fsp3) is 0.105. The van der Waals surface area contributed by atoms with E-state index in [1.807, 2.05) is 60.7 Å². The molecule has 9 nitrogen and oxygen atoms in total. The van der Waals surface area contributed by atoms with Crippen molar-refractivity contribution in [2.75, 3.05) is 6.61 Å². The van der Waals surface area contributed by atoms with Gasteiger partial charge in [-0.15, -0.1) is 0 Å². The number of alkyl halides is 1. The summed E-state index contributed by atoms with van der Waals surface area (Å²) in [6, 6.07) is 33.0. The molecular formula is C38H27Cl3FNO8S. The van der Waals surface area contributed by atoms with E-state index in [2.05, 4.69) is 4.99 Å². The maximum Gasteiger partial charge on any atom is 0.338 e. The van der Waals surface area contributed by atoms with Crippen LogP contribution in [0, 0.1) is 0 Å². The van der Waals surface area contributed by atoms with E-state index >= 15 is 4.39 Å². The molecule has 3 atom stereocenters. The van der Waals surface area contributed by atoms with Gasteiger partial charge in [0.25, 0.3) is 10.1 Å². The molecule has 0 aliphatic rings. The molecule has 0 spiro atoms. The van der Waals surface area contributed by atoms with Gasteiger partial charge in [-0.25, -0.2) is 19.0 Å². The third-order valence-corrected chi connectivity index (χ3v) is 10.1. The monoisotopic (exact) mass is 781 g/mol. The Morgan fingerprint density at radius 1 is 0.692 bits per heavy atom. The second-order valence-electron chi connectivity index (χ2n) is 11.0. The SMILES string of the molecule is O=CN=C[C@@H](F)[C@H](OC(=O)c1ccc(-c2ccccc2)cc1)[C@@H](COC(=O)c1ccc(-c2ccccc2)cc1)OS(=O)(=O)c1cc(Cl)c(Cl)cc1Cl. The van der Waals surface area contributed by atoms with Crippen LogP contribution in [0.3, 0.4) is 0 Å². The van der Waals surface area contributed by atoms with Crippen LogP contribution in [0.2, 0.25) is 15.1 Å². The third-order valence-electron chi connectivity index (χ3n) is 7.54. The molecule has 0 N–H and O–H groups in total. The molecule has 0 bridgehead atoms. The molecule has 0 saturated carbocycles. The Morgan fingerprint density at radius 2 is 1.17 bits per heavy atom. The fourth-order valence-electron chi connectivity index (χ4n) is 4.93. The molecule has 5 rings (SSSR count). The van der Waals surface area contributed by atoms with Crippen LogP contribution in [-0.4, -0.2) is 58.0 Å². The van der Waals surface area contributed by atoms with Crippen LogP contribution in [-0.2, 0) is 28.6 Å². The standard InChI is InChI=1S/C38H27Cl3FNO8S/c39-30-19-32(41)35(20-31(30)40)52(47,48)51-34(22-49-37(45)28-15-11-26(12-16-28)24-7-3-1-4-8-24)36(33(42)21-43-23-44)50-38(46)29-17-13-27(14-18-29)25-9-5-2-6-10-25/h1-21,23,33-34,36H,22H2/t33-,34-,36+/m1/s1. The van der Waals surface area contributed by atoms with Crippen LogP contribution in [0.1, 0.15) is 20.7 Å². The highest BCUT2D eigenvalue weighted by atomic mass is 35.5. The predicted molar refractivity (Wildman–Crippen MR) is 196 cm³/mol. The second-order valence-corrected chi connectivity index (χ2v) is 13.8. The number of ether oxygens (including phenoxy) is 2. The molecule has 0 unspecified atom stereocenters. The average Bonchev–Trinajstić information content (AvgIpc) is 3.16. The van der Waals surface area contributed by atoms with Gasteiger partial charge in [0.2, 0.25) is 6.41 Å². The number of hydrogen-bond donors (Lipinski definition) is 0. The van der Waals surface area contributed by atoms with E-state index in [0.717, 1.165) is 34.4 Å². The highest BCUT2D eigenvalue weighted by molar-refractivity contribution is 7.87. The van der Waals surface area contributed by atoms with Gasteiger partial charge in [0, 0.05) is 6.21 Å². The van der Waals surface area contributed by atoms with Gasteiger partial charge >= 0.3 is 11.9 Å². The molecule has 0 aliphatic heterocycles. The molecule has 0 fully saturated rings. The lowest BCUT2D eigenvalue weighted by Crippen LogP contribution is -2.45. The lowest BCUT2D eigenvalue weighted by atomic mass is 10.0. The Bertz CT molecular complexity index is 2170. The van der Waals surface area contributed by atoms with Crippen molar-refractivity contribution in [3.63, 3.8) is 0 Å². The number of carbonyl (C=O) groups is 3. The minimum atomic E-state index is -4.95. The molecule has 0 aliphatic carbocycles. The summed E-state index contributed by atoms with van der Waals surface area (Å²) in [5.74, 6) is -2.02. The summed E-state index contributed by atoms with van der Waals surface area (Å²) in [4.78, 5) is 40.1. The van der Waals surface area contributed by atoms with Gasteiger partial charge < -0.3 is 9.47 Å². The first-order valence-electron chi connectivity index (χ1n) is 15.3. The van der Waals surface area contributed by atoms with Crippen molar-refractivity contribution in [1.82, 2.24) is 0 Å². The minimum absolute atomic E-state index is 0.0228. The minimum Gasteiger partial charge on any atom is -0.459 e. The summed E-state index contributed by atoms with van der Waals surface area (Å²) < 4.78 is 59.2. The van der Waals surface area contributed by atoms with E-state index in [0.29, 0.717) is 6.21 Å². The Hall–Kier alpha value is -4.91. The Balaban J connectivity index is 1.45. The molecule has 0 heterocycles. The van der Waals surface area contributed by atoms with Gasteiger partial charge in [0.05, 0.1) is 26.2 Å². The highest BCUT2D eigenvalue weighted by Gasteiger charge is 2.39. The number of hydrogen-bond acceptors (Lipinski definition) is 8. The highest BCUT2D eigenvalue weighted by Crippen LogP contribution is 2.34. The van der Waals surface area contributed by atoms with Crippen molar-refractivity contribution in [3.05, 3.63) is 148 Å². The zero-order valence-corrected chi connectivity index (χ0v) is 29.9. The molecule has 1 amide bonds. The summed E-state index contributed by atoms with van der Waals surface area (Å²) in [5, 5.41) is -0.651. The Morgan fingerprint density at radius 3 is 1.69 bits per heavy atom. The fourth-order valence-corrected chi connectivity index (χ4v) is 6.98. The van der Waals surface area contributed by atoms with E-state index in [1.165, 1.54) is 24.3 Å². The molecule has 14 heteroatoms. The summed E-state index contributed by atoms with van der Waals surface area (Å²) in [7, 11) is -4.95. The van der Waals surface area contributed by atoms with E-state index in [4.69, 9.17) is 48.5 Å². The Labute approximate surface area is 313 Å². The third kappa shape index (κ3) is 9.69. The summed E-state index contributed by atoms with van der Waals surface area (Å²) >= 11 is 18.2. The van der Waals surface area contributed by atoms with Crippen molar-refractivity contribution in [1.29, 1.82) is 0 Å². The van der Waals surface area contributed by atoms with Crippen LogP contribution in [0.5, 0.6) is 0 Å². The first-order valence-corrected chi connectivity index (χ1v) is 17.9. The first-order chi connectivity index (χ1) is 25.0. The topological polar surface area (TPSA) is 125 Å². The van der Waals surface area contributed by atoms with E-state index < -0.39 is 57.0 Å². The van der Waals surface area contributed by atoms with Crippen LogP contribution < -0.4 is 0 Å². The van der Waals surface area contributed by atoms with Crippen LogP contribution in [0.15, 0.2) is 131 Å². The number of rotatable bonds is 14. The molecule has 5 aromatic rings. The van der Waals surface area contributed by atoms with Crippen molar-refractivity contribution < 1.29 is 40.8 Å². The number of halogens is 4. The quantitative estimate of drug-likeness (QED) is 0.0360. The lowest BCUT2D eigenvalue weighted by Gasteiger charge is -2.27. The molecule has 0 aromatic heterocycles. The van der Waals surface area contributed by atoms with Crippen LogP contribution >= 0.6 is 34.8 Å². The van der Waals surface area contributed by atoms with Gasteiger partial charge in [-0.05, 0) is 58.7 Å². The molecule has 52 heavy (non-hydrogen) atoms. The first kappa shape index (κ1) is 38.3. The smallest absolute Gasteiger partial charge is 0.338 e. The van der Waals surface area contributed by atoms with Crippen LogP contribution in [0.25, 0.3) is 22.3 Å². The van der Waals surface area contributed by atoms with Gasteiger partial charge in [0.1, 0.15) is 11.5 Å². The van der Waals surface area contributed by atoms with Gasteiger partial charge in [-0.2, -0.15) is 8.42 Å². The molecular weight excluding hydrogens is 756 g/mol. The number of benzene rings is 5. The van der Waals surface area contributed by atoms with Crippen molar-refractivity contribution in [3.8, 4) is 22.3 Å². The van der Waals surface area contributed by atoms with Gasteiger partial charge in [0.15, 0.2) is 18.4 Å². The average molecular weight is 783 g/mol. The zero-order valence-electron chi connectivity index (χ0n) is 26.8. The number of nitrogens with zero attached hydrogens (tertiary/aromatic N) is 1. The zero-order chi connectivity index (χ0) is 37.3. The molecule has 5 aromatic carbocycles. The van der Waals surface area contributed by atoms with Gasteiger partial charge in [-0.3, -0.25) is 8.98 Å². The summed E-state index contributed by atoms with van der Waals surface area (Å²) in [6.45, 7) is -0.961. The molecule has 266 valence electrons. The molecule has 0 radical (unpaired) electrons. The predicted octanol–water partition coefficient (Wildman–Crippen LogP) is 8.70. The van der Waals surface area contributed by atoms with E-state index in [9.17, 15) is 22.8 Å². The second kappa shape index (κ2) is 17.5. The lowest BCUT2D eigenvalue weighted by molar-refractivity contribution is -0.106. The number of esters is 2. The van der Waals surface area contributed by atoms with Crippen molar-refractivity contribution >= 4 is 69.5 Å². The van der Waals surface area contributed by atoms with Gasteiger partial charge in [-0.1, -0.05) is 120 Å². The van der Waals surface area contributed by atoms with E-state index in [1.54, 1.807) is 24.3 Å². The molecule has 0 saturated heterocycles. The normalized spacial score (nSPS) is 13.2. The van der Waals surface area contributed by atoms with Crippen LogP contribution in [0.4, 0.5) is 4.39 Å². The number of aliphatic imine (C=N–C) groups is 1. The summed E-state index contributed by atoms with van der Waals surface area (Å²) in [6.07, 6.45) is -6.12. The van der Waals surface area contributed by atoms with Crippen molar-refractivity contribution in [2.45, 2.75) is 23.3 Å². The van der Waals surface area contributed by atoms with E-state index in [-0.39, 0.29) is 27.6 Å². The Kier molecular flexibility index (Phi) is 12.9. The number of amides is 1. The number of carbonyl (C=O) groups excluding carboxylic acids is 3. The maximum absolute atomic E-state index is 15.8. The largest absolute Gasteiger partial charge is 0.459 e. The maximum atomic E-state index is 15.8.